The minimum absolute atomic E-state index is 0.0709. The maximum Gasteiger partial charge on any atom is 0.255 e. The summed E-state index contributed by atoms with van der Waals surface area (Å²) in [5.41, 5.74) is 1.71. The molecule has 1 atom stereocenters. The second kappa shape index (κ2) is 5.09. The van der Waals surface area contributed by atoms with Crippen LogP contribution in [0, 0.1) is 12.8 Å². The Balaban J connectivity index is 2.18. The Hall–Kier alpha value is -1.02. The number of hydrogen-bond acceptors (Lipinski definition) is 1. The average molecular weight is 252 g/mol. The number of carbonyl (C=O) groups is 1. The van der Waals surface area contributed by atoms with E-state index in [1.165, 1.54) is 6.42 Å². The number of carbonyl (C=O) groups excluding carboxylic acids is 1. The number of benzene rings is 1. The first kappa shape index (κ1) is 12.4. The van der Waals surface area contributed by atoms with E-state index in [0.717, 1.165) is 25.1 Å². The molecule has 17 heavy (non-hydrogen) atoms. The minimum atomic E-state index is 0.0709. The molecule has 1 unspecified atom stereocenters. The first-order valence-corrected chi connectivity index (χ1v) is 6.51. The summed E-state index contributed by atoms with van der Waals surface area (Å²) in [4.78, 5) is 14.2. The van der Waals surface area contributed by atoms with Gasteiger partial charge >= 0.3 is 0 Å². The molecule has 1 saturated heterocycles. The van der Waals surface area contributed by atoms with Crippen molar-refractivity contribution in [3.8, 4) is 0 Å². The van der Waals surface area contributed by atoms with Gasteiger partial charge in [-0.2, -0.15) is 0 Å². The maximum absolute atomic E-state index is 12.3. The lowest BCUT2D eigenvalue weighted by Gasteiger charge is -2.31. The largest absolute Gasteiger partial charge is 0.338 e. The molecule has 1 aromatic carbocycles. The predicted molar refractivity (Wildman–Crippen MR) is 70.5 cm³/mol. The van der Waals surface area contributed by atoms with Gasteiger partial charge in [0.15, 0.2) is 0 Å². The van der Waals surface area contributed by atoms with Crippen LogP contribution < -0.4 is 0 Å². The summed E-state index contributed by atoms with van der Waals surface area (Å²) >= 11 is 6.13. The summed E-state index contributed by atoms with van der Waals surface area (Å²) < 4.78 is 0. The molecule has 0 bridgehead atoms. The average Bonchev–Trinajstić information content (AvgIpc) is 2.28. The van der Waals surface area contributed by atoms with Crippen LogP contribution in [0.5, 0.6) is 0 Å². The Morgan fingerprint density at radius 1 is 1.47 bits per heavy atom. The number of rotatable bonds is 1. The van der Waals surface area contributed by atoms with Crippen LogP contribution >= 0.6 is 11.6 Å². The van der Waals surface area contributed by atoms with Gasteiger partial charge in [-0.15, -0.1) is 0 Å². The molecule has 0 aromatic heterocycles. The zero-order valence-corrected chi connectivity index (χ0v) is 11.1. The van der Waals surface area contributed by atoms with Gasteiger partial charge in [0.05, 0.1) is 10.6 Å². The number of halogens is 1. The number of piperidine rings is 1. The van der Waals surface area contributed by atoms with Gasteiger partial charge in [-0.05, 0) is 43.4 Å². The maximum atomic E-state index is 12.3. The number of aryl methyl sites for hydroxylation is 1. The molecule has 0 saturated carbocycles. The summed E-state index contributed by atoms with van der Waals surface area (Å²) in [6.45, 7) is 5.87. The fraction of sp³-hybridized carbons (Fsp3) is 0.500. The van der Waals surface area contributed by atoms with Gasteiger partial charge < -0.3 is 4.90 Å². The quantitative estimate of drug-likeness (QED) is 0.748. The molecule has 0 radical (unpaired) electrons. The first-order valence-electron chi connectivity index (χ1n) is 6.13. The van der Waals surface area contributed by atoms with E-state index in [1.54, 1.807) is 0 Å². The van der Waals surface area contributed by atoms with Crippen LogP contribution in [-0.2, 0) is 0 Å². The van der Waals surface area contributed by atoms with Gasteiger partial charge in [-0.3, -0.25) is 4.79 Å². The summed E-state index contributed by atoms with van der Waals surface area (Å²) in [7, 11) is 0. The fourth-order valence-electron chi connectivity index (χ4n) is 2.34. The van der Waals surface area contributed by atoms with Gasteiger partial charge in [0.2, 0.25) is 0 Å². The van der Waals surface area contributed by atoms with E-state index in [2.05, 4.69) is 6.92 Å². The van der Waals surface area contributed by atoms with Crippen molar-refractivity contribution in [3.63, 3.8) is 0 Å². The third-order valence-corrected chi connectivity index (χ3v) is 3.61. The standard InChI is InChI=1S/C14H18ClNO/c1-10-5-6-12(13(15)8-10)14(17)16-7-3-4-11(2)9-16/h5-6,8,11H,3-4,7,9H2,1-2H3. The second-order valence-corrected chi connectivity index (χ2v) is 5.39. The number of amides is 1. The zero-order valence-electron chi connectivity index (χ0n) is 10.4. The summed E-state index contributed by atoms with van der Waals surface area (Å²) in [5, 5.41) is 0.563. The molecule has 1 aliphatic rings. The summed E-state index contributed by atoms with van der Waals surface area (Å²) in [6, 6.07) is 5.62. The SMILES string of the molecule is Cc1ccc(C(=O)N2CCCC(C)C2)c(Cl)c1. The van der Waals surface area contributed by atoms with Gasteiger partial charge in [0.25, 0.3) is 5.91 Å². The lowest BCUT2D eigenvalue weighted by atomic mass is 9.99. The molecular formula is C14H18ClNO. The van der Waals surface area contributed by atoms with E-state index in [4.69, 9.17) is 11.6 Å². The van der Waals surface area contributed by atoms with Gasteiger partial charge in [-0.1, -0.05) is 24.6 Å². The van der Waals surface area contributed by atoms with Crippen molar-refractivity contribution in [1.82, 2.24) is 4.90 Å². The van der Waals surface area contributed by atoms with Crippen molar-refractivity contribution in [2.75, 3.05) is 13.1 Å². The van der Waals surface area contributed by atoms with E-state index in [-0.39, 0.29) is 5.91 Å². The Bertz CT molecular complexity index is 430. The third kappa shape index (κ3) is 2.81. The first-order chi connectivity index (χ1) is 8.08. The molecule has 3 heteroatoms. The monoisotopic (exact) mass is 251 g/mol. The molecule has 0 spiro atoms. The molecule has 2 nitrogen and oxygen atoms in total. The zero-order chi connectivity index (χ0) is 12.4. The number of likely N-dealkylation sites (tertiary alicyclic amines) is 1. The Labute approximate surface area is 108 Å². The van der Waals surface area contributed by atoms with Crippen LogP contribution in [0.4, 0.5) is 0 Å². The van der Waals surface area contributed by atoms with Crippen LogP contribution in [-0.4, -0.2) is 23.9 Å². The molecule has 92 valence electrons. The molecule has 0 aliphatic carbocycles. The Morgan fingerprint density at radius 2 is 2.24 bits per heavy atom. The minimum Gasteiger partial charge on any atom is -0.338 e. The lowest BCUT2D eigenvalue weighted by Crippen LogP contribution is -2.39. The molecule has 1 amide bonds. The topological polar surface area (TPSA) is 20.3 Å². The summed E-state index contributed by atoms with van der Waals surface area (Å²) in [6.07, 6.45) is 2.31. The lowest BCUT2D eigenvalue weighted by molar-refractivity contribution is 0.0683. The van der Waals surface area contributed by atoms with E-state index in [9.17, 15) is 4.79 Å². The van der Waals surface area contributed by atoms with Crippen molar-refractivity contribution >= 4 is 17.5 Å². The molecule has 1 aliphatic heterocycles. The Morgan fingerprint density at radius 3 is 2.88 bits per heavy atom. The highest BCUT2D eigenvalue weighted by molar-refractivity contribution is 6.33. The van der Waals surface area contributed by atoms with Crippen LogP contribution in [0.3, 0.4) is 0 Å². The molecule has 1 fully saturated rings. The molecule has 0 N–H and O–H groups in total. The number of hydrogen-bond donors (Lipinski definition) is 0. The predicted octanol–water partition coefficient (Wildman–Crippen LogP) is 3.52. The van der Waals surface area contributed by atoms with Gasteiger partial charge in [-0.25, -0.2) is 0 Å². The van der Waals surface area contributed by atoms with Crippen LogP contribution in [0.1, 0.15) is 35.7 Å². The van der Waals surface area contributed by atoms with Crippen molar-refractivity contribution < 1.29 is 4.79 Å². The van der Waals surface area contributed by atoms with Crippen LogP contribution in [0.2, 0.25) is 5.02 Å². The van der Waals surface area contributed by atoms with E-state index in [0.29, 0.717) is 16.5 Å². The van der Waals surface area contributed by atoms with Crippen molar-refractivity contribution in [3.05, 3.63) is 34.3 Å². The van der Waals surface area contributed by atoms with E-state index in [1.807, 2.05) is 30.0 Å². The second-order valence-electron chi connectivity index (χ2n) is 4.98. The number of nitrogens with zero attached hydrogens (tertiary/aromatic N) is 1. The highest BCUT2D eigenvalue weighted by Crippen LogP contribution is 2.22. The summed E-state index contributed by atoms with van der Waals surface area (Å²) in [5.74, 6) is 0.665. The van der Waals surface area contributed by atoms with Crippen molar-refractivity contribution in [1.29, 1.82) is 0 Å². The van der Waals surface area contributed by atoms with Crippen molar-refractivity contribution in [2.45, 2.75) is 26.7 Å². The van der Waals surface area contributed by atoms with Gasteiger partial charge in [0, 0.05) is 13.1 Å². The highest BCUT2D eigenvalue weighted by atomic mass is 35.5. The van der Waals surface area contributed by atoms with Crippen LogP contribution in [0.15, 0.2) is 18.2 Å². The third-order valence-electron chi connectivity index (χ3n) is 3.30. The molecule has 1 heterocycles. The van der Waals surface area contributed by atoms with E-state index < -0.39 is 0 Å². The van der Waals surface area contributed by atoms with Crippen molar-refractivity contribution in [2.24, 2.45) is 5.92 Å². The van der Waals surface area contributed by atoms with E-state index >= 15 is 0 Å². The van der Waals surface area contributed by atoms with Gasteiger partial charge in [0.1, 0.15) is 0 Å². The smallest absolute Gasteiger partial charge is 0.255 e. The normalized spacial score (nSPS) is 20.4. The fourth-order valence-corrected chi connectivity index (χ4v) is 2.65. The molecule has 1 aromatic rings. The highest BCUT2D eigenvalue weighted by Gasteiger charge is 2.23. The Kier molecular flexibility index (Phi) is 3.72. The molecule has 2 rings (SSSR count). The van der Waals surface area contributed by atoms with Crippen LogP contribution in [0.25, 0.3) is 0 Å². The molecular weight excluding hydrogens is 234 g/mol.